The van der Waals surface area contributed by atoms with E-state index >= 15 is 0 Å². The minimum absolute atomic E-state index is 0.0770. The lowest BCUT2D eigenvalue weighted by Crippen LogP contribution is -2.33. The summed E-state index contributed by atoms with van der Waals surface area (Å²) in [7, 11) is 1.60. The number of nitrogens with zero attached hydrogens (tertiary/aromatic N) is 3. The normalized spacial score (nSPS) is 15.7. The smallest absolute Gasteiger partial charge is 0.266 e. The van der Waals surface area contributed by atoms with E-state index in [9.17, 15) is 9.59 Å². The fourth-order valence-corrected chi connectivity index (χ4v) is 4.66. The van der Waals surface area contributed by atoms with Crippen molar-refractivity contribution in [1.82, 2.24) is 14.4 Å². The van der Waals surface area contributed by atoms with Crippen molar-refractivity contribution >= 4 is 57.1 Å². The zero-order chi connectivity index (χ0) is 21.0. The van der Waals surface area contributed by atoms with Gasteiger partial charge in [0, 0.05) is 42.9 Å². The molecule has 2 amide bonds. The second-order valence-electron chi connectivity index (χ2n) is 6.62. The third-order valence-corrected chi connectivity index (χ3v) is 6.30. The first-order chi connectivity index (χ1) is 14.0. The summed E-state index contributed by atoms with van der Waals surface area (Å²) in [6, 6.07) is 7.91. The molecular weight excluding hydrogens is 406 g/mol. The molecule has 0 saturated carbocycles. The number of para-hydroxylation sites is 1. The maximum atomic E-state index is 12.7. The molecule has 0 bridgehead atoms. The topological polar surface area (TPSA) is 54.8 Å². The molecule has 29 heavy (non-hydrogen) atoms. The second kappa shape index (κ2) is 9.56. The van der Waals surface area contributed by atoms with Gasteiger partial charge in [-0.15, -0.1) is 0 Å². The van der Waals surface area contributed by atoms with Gasteiger partial charge < -0.3 is 14.2 Å². The number of carbonyl (C=O) groups is 2. The lowest BCUT2D eigenvalue weighted by atomic mass is 10.1. The number of likely N-dealkylation sites (N-methyl/N-ethyl adjacent to an activating group) is 1. The number of aromatic nitrogens is 1. The number of ether oxygens (including phenoxy) is 1. The summed E-state index contributed by atoms with van der Waals surface area (Å²) in [5, 5.41) is 1.00. The SMILES string of the molecule is CCN(CC)C(=O)Cn1cc(/C=C2\SC(=S)N(CCOC)C2=O)c2ccccc21. The Morgan fingerprint density at radius 1 is 1.28 bits per heavy atom. The summed E-state index contributed by atoms with van der Waals surface area (Å²) in [5.74, 6) is -0.0266. The fourth-order valence-electron chi connectivity index (χ4n) is 3.36. The molecule has 1 fully saturated rings. The molecule has 0 radical (unpaired) electrons. The van der Waals surface area contributed by atoms with Crippen LogP contribution in [-0.2, 0) is 20.9 Å². The zero-order valence-electron chi connectivity index (χ0n) is 16.9. The summed E-state index contributed by atoms with van der Waals surface area (Å²) in [4.78, 5) is 29.3. The lowest BCUT2D eigenvalue weighted by molar-refractivity contribution is -0.131. The third kappa shape index (κ3) is 4.55. The Morgan fingerprint density at radius 3 is 2.69 bits per heavy atom. The van der Waals surface area contributed by atoms with Gasteiger partial charge in [-0.3, -0.25) is 14.5 Å². The fraction of sp³-hybridized carbons (Fsp3) is 0.381. The van der Waals surface area contributed by atoms with Crippen molar-refractivity contribution in [3.63, 3.8) is 0 Å². The monoisotopic (exact) mass is 431 g/mol. The van der Waals surface area contributed by atoms with E-state index in [4.69, 9.17) is 17.0 Å². The Bertz CT molecular complexity index is 963. The molecule has 0 aliphatic carbocycles. The van der Waals surface area contributed by atoms with Gasteiger partial charge in [-0.2, -0.15) is 0 Å². The van der Waals surface area contributed by atoms with Crippen molar-refractivity contribution in [1.29, 1.82) is 0 Å². The number of thioether (sulfide) groups is 1. The van der Waals surface area contributed by atoms with Crippen LogP contribution in [0.25, 0.3) is 17.0 Å². The molecule has 154 valence electrons. The lowest BCUT2D eigenvalue weighted by Gasteiger charge is -2.19. The first-order valence-corrected chi connectivity index (χ1v) is 10.8. The standard InChI is InChI=1S/C21H25N3O3S2/c1-4-22(5-2)19(25)14-23-13-15(16-8-6-7-9-17(16)23)12-18-20(26)24(10-11-27-3)21(28)29-18/h6-9,12-13H,4-5,10-11,14H2,1-3H3/b18-12-. The number of rotatable bonds is 8. The molecule has 1 aromatic heterocycles. The second-order valence-corrected chi connectivity index (χ2v) is 8.30. The van der Waals surface area contributed by atoms with E-state index in [1.54, 1.807) is 12.0 Å². The van der Waals surface area contributed by atoms with Crippen LogP contribution in [0.4, 0.5) is 0 Å². The van der Waals surface area contributed by atoms with Gasteiger partial charge in [-0.1, -0.05) is 42.2 Å². The molecular formula is C21H25N3O3S2. The predicted molar refractivity (Wildman–Crippen MR) is 122 cm³/mol. The van der Waals surface area contributed by atoms with Gasteiger partial charge in [0.1, 0.15) is 10.9 Å². The van der Waals surface area contributed by atoms with E-state index in [2.05, 4.69) is 0 Å². The third-order valence-electron chi connectivity index (χ3n) is 4.92. The first-order valence-electron chi connectivity index (χ1n) is 9.60. The molecule has 1 aliphatic heterocycles. The van der Waals surface area contributed by atoms with Crippen LogP contribution in [0.15, 0.2) is 35.4 Å². The highest BCUT2D eigenvalue weighted by atomic mass is 32.2. The van der Waals surface area contributed by atoms with Gasteiger partial charge in [-0.05, 0) is 26.0 Å². The van der Waals surface area contributed by atoms with Gasteiger partial charge >= 0.3 is 0 Å². The summed E-state index contributed by atoms with van der Waals surface area (Å²) in [6.07, 6.45) is 3.81. The average molecular weight is 432 g/mol. The Morgan fingerprint density at radius 2 is 2.00 bits per heavy atom. The summed E-state index contributed by atoms with van der Waals surface area (Å²) >= 11 is 6.65. The maximum Gasteiger partial charge on any atom is 0.266 e. The Balaban J connectivity index is 1.93. The van der Waals surface area contributed by atoms with Crippen LogP contribution in [0.2, 0.25) is 0 Å². The van der Waals surface area contributed by atoms with Crippen molar-refractivity contribution in [2.75, 3.05) is 33.4 Å². The van der Waals surface area contributed by atoms with Crippen LogP contribution < -0.4 is 0 Å². The van der Waals surface area contributed by atoms with Crippen LogP contribution in [0.3, 0.4) is 0 Å². The van der Waals surface area contributed by atoms with Crippen LogP contribution in [0.5, 0.6) is 0 Å². The minimum atomic E-state index is -0.104. The van der Waals surface area contributed by atoms with Gasteiger partial charge in [-0.25, -0.2) is 0 Å². The Labute approximate surface area is 180 Å². The molecule has 0 unspecified atom stereocenters. The quantitative estimate of drug-likeness (QED) is 0.474. The molecule has 0 atom stereocenters. The molecule has 1 saturated heterocycles. The van der Waals surface area contributed by atoms with Crippen LogP contribution in [0.1, 0.15) is 19.4 Å². The van der Waals surface area contributed by atoms with Gasteiger partial charge in [0.25, 0.3) is 5.91 Å². The summed E-state index contributed by atoms with van der Waals surface area (Å²) < 4.78 is 7.56. The van der Waals surface area contributed by atoms with E-state index in [0.29, 0.717) is 35.5 Å². The molecule has 2 aromatic rings. The predicted octanol–water partition coefficient (Wildman–Crippen LogP) is 3.36. The number of methoxy groups -OCH3 is 1. The Kier molecular flexibility index (Phi) is 7.10. The van der Waals surface area contributed by atoms with Crippen LogP contribution in [-0.4, -0.2) is 63.9 Å². The zero-order valence-corrected chi connectivity index (χ0v) is 18.5. The molecule has 1 aromatic carbocycles. The van der Waals surface area contributed by atoms with Crippen molar-refractivity contribution in [2.24, 2.45) is 0 Å². The van der Waals surface area contributed by atoms with Crippen LogP contribution in [0, 0.1) is 0 Å². The van der Waals surface area contributed by atoms with E-state index in [1.165, 1.54) is 11.8 Å². The van der Waals surface area contributed by atoms with Crippen molar-refractivity contribution in [3.8, 4) is 0 Å². The van der Waals surface area contributed by atoms with Gasteiger partial charge in [0.15, 0.2) is 0 Å². The van der Waals surface area contributed by atoms with E-state index in [1.807, 2.05) is 59.9 Å². The molecule has 3 rings (SSSR count). The minimum Gasteiger partial charge on any atom is -0.383 e. The number of benzene rings is 1. The summed E-state index contributed by atoms with van der Waals surface area (Å²) in [5.41, 5.74) is 1.87. The van der Waals surface area contributed by atoms with Crippen molar-refractivity contribution < 1.29 is 14.3 Å². The van der Waals surface area contributed by atoms with E-state index in [0.717, 1.165) is 16.5 Å². The average Bonchev–Trinajstić information content (AvgIpc) is 3.19. The molecule has 8 heteroatoms. The highest BCUT2D eigenvalue weighted by molar-refractivity contribution is 8.26. The maximum absolute atomic E-state index is 12.7. The molecule has 0 spiro atoms. The largest absolute Gasteiger partial charge is 0.383 e. The number of thiocarbonyl (C=S) groups is 1. The number of carbonyl (C=O) groups excluding carboxylic acids is 2. The first kappa shape index (κ1) is 21.5. The molecule has 2 heterocycles. The molecule has 6 nitrogen and oxygen atoms in total. The van der Waals surface area contributed by atoms with Gasteiger partial charge in [0.2, 0.25) is 5.91 Å². The highest BCUT2D eigenvalue weighted by Gasteiger charge is 2.31. The number of hydrogen-bond acceptors (Lipinski definition) is 5. The van der Waals surface area contributed by atoms with Crippen molar-refractivity contribution in [3.05, 3.63) is 40.9 Å². The Hall–Kier alpha value is -2.16. The summed E-state index contributed by atoms with van der Waals surface area (Å²) in [6.45, 7) is 6.48. The van der Waals surface area contributed by atoms with Crippen molar-refractivity contribution in [2.45, 2.75) is 20.4 Å². The molecule has 1 aliphatic rings. The van der Waals surface area contributed by atoms with Crippen LogP contribution >= 0.6 is 24.0 Å². The van der Waals surface area contributed by atoms with Gasteiger partial charge in [0.05, 0.1) is 18.1 Å². The highest BCUT2D eigenvalue weighted by Crippen LogP contribution is 2.34. The van der Waals surface area contributed by atoms with E-state index in [-0.39, 0.29) is 18.4 Å². The number of hydrogen-bond donors (Lipinski definition) is 0. The van der Waals surface area contributed by atoms with E-state index < -0.39 is 0 Å². The number of amides is 2. The molecule has 0 N–H and O–H groups in total. The number of fused-ring (bicyclic) bond motifs is 1.